The standard InChI is InChI=1S/C13H11BrINO2/c1-13(2)9-10(13)12(18)16(11(9)17)8-5-6(14)3-4-7(8)15/h3-5,9-10H,1-2H3. The van der Waals surface area contributed by atoms with Gasteiger partial charge in [-0.2, -0.15) is 0 Å². The van der Waals surface area contributed by atoms with Gasteiger partial charge in [-0.3, -0.25) is 9.59 Å². The Bertz CT molecular complexity index is 560. The van der Waals surface area contributed by atoms with Gasteiger partial charge in [-0.25, -0.2) is 4.90 Å². The van der Waals surface area contributed by atoms with Gasteiger partial charge in [-0.15, -0.1) is 0 Å². The van der Waals surface area contributed by atoms with Crippen molar-refractivity contribution in [3.8, 4) is 0 Å². The molecular weight excluding hydrogens is 409 g/mol. The van der Waals surface area contributed by atoms with E-state index < -0.39 is 0 Å². The van der Waals surface area contributed by atoms with Gasteiger partial charge in [0.05, 0.1) is 17.5 Å². The van der Waals surface area contributed by atoms with E-state index in [0.717, 1.165) is 8.04 Å². The molecule has 1 aromatic rings. The van der Waals surface area contributed by atoms with Crippen molar-refractivity contribution in [1.29, 1.82) is 0 Å². The Morgan fingerprint density at radius 2 is 1.78 bits per heavy atom. The number of anilines is 1. The normalized spacial score (nSPS) is 28.6. The van der Waals surface area contributed by atoms with Gasteiger partial charge in [-0.1, -0.05) is 29.8 Å². The van der Waals surface area contributed by atoms with Gasteiger partial charge in [-0.05, 0) is 46.2 Å². The fourth-order valence-electron chi connectivity index (χ4n) is 2.84. The third-order valence-electron chi connectivity index (χ3n) is 3.95. The zero-order valence-electron chi connectivity index (χ0n) is 9.91. The van der Waals surface area contributed by atoms with Gasteiger partial charge in [0.1, 0.15) is 0 Å². The van der Waals surface area contributed by atoms with Crippen molar-refractivity contribution in [2.45, 2.75) is 13.8 Å². The lowest BCUT2D eigenvalue weighted by Crippen LogP contribution is -2.36. The number of nitrogens with zero attached hydrogens (tertiary/aromatic N) is 1. The molecule has 94 valence electrons. The number of hydrogen-bond donors (Lipinski definition) is 0. The number of carbonyl (C=O) groups is 2. The first-order chi connectivity index (χ1) is 8.35. The van der Waals surface area contributed by atoms with Gasteiger partial charge in [0.2, 0.25) is 11.8 Å². The molecule has 2 unspecified atom stereocenters. The average Bonchev–Trinajstić information content (AvgIpc) is 2.74. The zero-order chi connectivity index (χ0) is 13.2. The van der Waals surface area contributed by atoms with Gasteiger partial charge in [0.25, 0.3) is 0 Å². The van der Waals surface area contributed by atoms with Crippen LogP contribution < -0.4 is 4.90 Å². The average molecular weight is 420 g/mol. The number of carbonyl (C=O) groups excluding carboxylic acids is 2. The summed E-state index contributed by atoms with van der Waals surface area (Å²) >= 11 is 5.53. The molecule has 0 N–H and O–H groups in total. The van der Waals surface area contributed by atoms with Gasteiger partial charge >= 0.3 is 0 Å². The van der Waals surface area contributed by atoms with E-state index in [1.54, 1.807) is 0 Å². The first-order valence-corrected chi connectivity index (χ1v) is 7.55. The minimum atomic E-state index is -0.151. The van der Waals surface area contributed by atoms with Crippen LogP contribution in [-0.4, -0.2) is 11.8 Å². The van der Waals surface area contributed by atoms with Crippen LogP contribution in [0, 0.1) is 20.8 Å². The molecule has 5 heteroatoms. The van der Waals surface area contributed by atoms with Gasteiger partial charge in [0, 0.05) is 8.04 Å². The quantitative estimate of drug-likeness (QED) is 0.517. The van der Waals surface area contributed by atoms with Crippen LogP contribution in [-0.2, 0) is 9.59 Å². The molecule has 1 heterocycles. The highest BCUT2D eigenvalue weighted by Crippen LogP contribution is 2.63. The third kappa shape index (κ3) is 1.52. The minimum absolute atomic E-state index is 0.0500. The minimum Gasteiger partial charge on any atom is -0.274 e. The second kappa shape index (κ2) is 3.79. The molecule has 1 aromatic carbocycles. The number of rotatable bonds is 1. The molecule has 2 aliphatic rings. The van der Waals surface area contributed by atoms with E-state index in [-0.39, 0.29) is 29.1 Å². The lowest BCUT2D eigenvalue weighted by Gasteiger charge is -2.21. The van der Waals surface area contributed by atoms with Crippen molar-refractivity contribution >= 4 is 56.0 Å². The van der Waals surface area contributed by atoms with Crippen LogP contribution in [0.4, 0.5) is 5.69 Å². The molecule has 18 heavy (non-hydrogen) atoms. The molecule has 1 saturated carbocycles. The summed E-state index contributed by atoms with van der Waals surface area (Å²) in [5.74, 6) is -0.350. The Kier molecular flexibility index (Phi) is 2.65. The largest absolute Gasteiger partial charge is 0.274 e. The Morgan fingerprint density at radius 1 is 1.22 bits per heavy atom. The Hall–Kier alpha value is -0.430. The summed E-state index contributed by atoms with van der Waals surface area (Å²) in [5.41, 5.74) is 0.547. The Labute approximate surface area is 127 Å². The summed E-state index contributed by atoms with van der Waals surface area (Å²) in [7, 11) is 0. The first kappa shape index (κ1) is 12.6. The van der Waals surface area contributed by atoms with E-state index in [0.29, 0.717) is 5.69 Å². The van der Waals surface area contributed by atoms with Crippen LogP contribution in [0.15, 0.2) is 22.7 Å². The molecule has 0 radical (unpaired) electrons. The number of amides is 2. The second-order valence-electron chi connectivity index (χ2n) is 5.38. The monoisotopic (exact) mass is 419 g/mol. The van der Waals surface area contributed by atoms with Crippen LogP contribution >= 0.6 is 38.5 Å². The molecule has 0 spiro atoms. The summed E-state index contributed by atoms with van der Waals surface area (Å²) in [6.45, 7) is 3.97. The summed E-state index contributed by atoms with van der Waals surface area (Å²) in [5, 5.41) is 0. The molecule has 2 fully saturated rings. The summed E-state index contributed by atoms with van der Waals surface area (Å²) in [6, 6.07) is 5.63. The lowest BCUT2D eigenvalue weighted by molar-refractivity contribution is -0.125. The van der Waals surface area contributed by atoms with Crippen LogP contribution in [0.2, 0.25) is 0 Å². The van der Waals surface area contributed by atoms with Crippen molar-refractivity contribution in [2.75, 3.05) is 4.90 Å². The van der Waals surface area contributed by atoms with E-state index in [1.807, 2.05) is 32.0 Å². The molecule has 3 rings (SSSR count). The summed E-state index contributed by atoms with van der Waals surface area (Å²) < 4.78 is 1.79. The van der Waals surface area contributed by atoms with E-state index in [1.165, 1.54) is 4.90 Å². The highest BCUT2D eigenvalue weighted by molar-refractivity contribution is 14.1. The third-order valence-corrected chi connectivity index (χ3v) is 5.35. The fraction of sp³-hybridized carbons (Fsp3) is 0.385. The van der Waals surface area contributed by atoms with Crippen LogP contribution in [0.5, 0.6) is 0 Å². The topological polar surface area (TPSA) is 37.4 Å². The maximum absolute atomic E-state index is 12.3. The highest BCUT2D eigenvalue weighted by atomic mass is 127. The first-order valence-electron chi connectivity index (χ1n) is 5.68. The van der Waals surface area contributed by atoms with E-state index in [4.69, 9.17) is 0 Å². The van der Waals surface area contributed by atoms with Crippen molar-refractivity contribution in [2.24, 2.45) is 17.3 Å². The summed E-state index contributed by atoms with van der Waals surface area (Å²) in [4.78, 5) is 26.0. The van der Waals surface area contributed by atoms with E-state index >= 15 is 0 Å². The zero-order valence-corrected chi connectivity index (χ0v) is 13.6. The molecule has 0 bridgehead atoms. The van der Waals surface area contributed by atoms with E-state index in [2.05, 4.69) is 38.5 Å². The SMILES string of the molecule is CC1(C)C2C(=O)N(c3cc(Br)ccc3I)C(=O)C21. The molecule has 2 amide bonds. The lowest BCUT2D eigenvalue weighted by atomic mass is 10.1. The highest BCUT2D eigenvalue weighted by Gasteiger charge is 2.72. The van der Waals surface area contributed by atoms with Crippen molar-refractivity contribution < 1.29 is 9.59 Å². The molecule has 3 nitrogen and oxygen atoms in total. The number of imide groups is 1. The predicted molar refractivity (Wildman–Crippen MR) is 80.1 cm³/mol. The number of fused-ring (bicyclic) bond motifs is 1. The van der Waals surface area contributed by atoms with Crippen molar-refractivity contribution in [1.82, 2.24) is 0 Å². The molecule has 2 atom stereocenters. The molecule has 1 saturated heterocycles. The maximum Gasteiger partial charge on any atom is 0.238 e. The van der Waals surface area contributed by atoms with Crippen molar-refractivity contribution in [3.05, 3.63) is 26.2 Å². The molecule has 0 aromatic heterocycles. The van der Waals surface area contributed by atoms with Crippen LogP contribution in [0.1, 0.15) is 13.8 Å². The molecule has 1 aliphatic carbocycles. The van der Waals surface area contributed by atoms with Gasteiger partial charge < -0.3 is 0 Å². The Morgan fingerprint density at radius 3 is 2.33 bits per heavy atom. The van der Waals surface area contributed by atoms with Crippen LogP contribution in [0.3, 0.4) is 0 Å². The van der Waals surface area contributed by atoms with Crippen LogP contribution in [0.25, 0.3) is 0 Å². The number of benzene rings is 1. The second-order valence-corrected chi connectivity index (χ2v) is 7.46. The number of halogens is 2. The molecular formula is C13H11BrINO2. The van der Waals surface area contributed by atoms with E-state index in [9.17, 15) is 9.59 Å². The van der Waals surface area contributed by atoms with Gasteiger partial charge in [0.15, 0.2) is 0 Å². The smallest absolute Gasteiger partial charge is 0.238 e. The Balaban J connectivity index is 2.03. The maximum atomic E-state index is 12.3. The number of hydrogen-bond acceptors (Lipinski definition) is 2. The predicted octanol–water partition coefficient (Wildman–Crippen LogP) is 3.20. The molecule has 1 aliphatic heterocycles. The number of piperidine rings is 1. The summed E-state index contributed by atoms with van der Waals surface area (Å²) in [6.07, 6.45) is 0. The van der Waals surface area contributed by atoms with Crippen molar-refractivity contribution in [3.63, 3.8) is 0 Å². The fourth-order valence-corrected chi connectivity index (χ4v) is 3.77.